The zero-order valence-electron chi connectivity index (χ0n) is 7.29. The Balaban J connectivity index is 3.73. The maximum Gasteiger partial charge on any atom is 0.103 e. The molecule has 0 aliphatic heterocycles. The highest BCUT2D eigenvalue weighted by atomic mass is 31.0. The van der Waals surface area contributed by atoms with Gasteiger partial charge in [0.15, 0.2) is 0 Å². The van der Waals surface area contributed by atoms with Crippen LogP contribution in [0.5, 0.6) is 0 Å². The zero-order chi connectivity index (χ0) is 8.15. The summed E-state index contributed by atoms with van der Waals surface area (Å²) in [5.41, 5.74) is 0. The van der Waals surface area contributed by atoms with Gasteiger partial charge in [0, 0.05) is 21.6 Å². The van der Waals surface area contributed by atoms with E-state index in [9.17, 15) is 0 Å². The predicted octanol–water partition coefficient (Wildman–Crippen LogP) is 1.87. The van der Waals surface area contributed by atoms with E-state index in [4.69, 9.17) is 4.52 Å². The second kappa shape index (κ2) is 5.06. The standard InChI is InChI=1S/C7H18NOP/c1-6(2)8(5-9-10)7(3)4/h6-7H,5,10H2,1-4H3. The van der Waals surface area contributed by atoms with Crippen LogP contribution < -0.4 is 0 Å². The Hall–Kier alpha value is 0.350. The Bertz CT molecular complexity index is 77.7. The summed E-state index contributed by atoms with van der Waals surface area (Å²) in [6.07, 6.45) is 0. The Morgan fingerprint density at radius 1 is 1.20 bits per heavy atom. The molecular weight excluding hydrogens is 145 g/mol. The monoisotopic (exact) mass is 163 g/mol. The molecule has 0 heterocycles. The molecule has 0 aliphatic rings. The van der Waals surface area contributed by atoms with Gasteiger partial charge in [-0.05, 0) is 27.7 Å². The van der Waals surface area contributed by atoms with Crippen molar-refractivity contribution in [3.63, 3.8) is 0 Å². The summed E-state index contributed by atoms with van der Waals surface area (Å²) in [5, 5.41) is 0. The first-order valence-electron chi connectivity index (χ1n) is 3.67. The lowest BCUT2D eigenvalue weighted by Crippen LogP contribution is -2.37. The van der Waals surface area contributed by atoms with Gasteiger partial charge in [0.25, 0.3) is 0 Å². The van der Waals surface area contributed by atoms with Gasteiger partial charge in [-0.2, -0.15) is 0 Å². The van der Waals surface area contributed by atoms with Crippen LogP contribution >= 0.6 is 9.47 Å². The third-order valence-corrected chi connectivity index (χ3v) is 1.70. The zero-order valence-corrected chi connectivity index (χ0v) is 8.45. The van der Waals surface area contributed by atoms with Crippen LogP contribution in [-0.2, 0) is 4.52 Å². The molecule has 0 radical (unpaired) electrons. The molecule has 1 unspecified atom stereocenters. The molecule has 3 heteroatoms. The molecule has 0 aromatic rings. The first-order valence-corrected chi connectivity index (χ1v) is 4.14. The van der Waals surface area contributed by atoms with Crippen LogP contribution in [0.25, 0.3) is 0 Å². The quantitative estimate of drug-likeness (QED) is 0.463. The first kappa shape index (κ1) is 10.3. The Morgan fingerprint density at radius 3 is 1.70 bits per heavy atom. The van der Waals surface area contributed by atoms with Gasteiger partial charge < -0.3 is 4.52 Å². The molecule has 0 aromatic carbocycles. The molecule has 0 fully saturated rings. The highest BCUT2D eigenvalue weighted by Gasteiger charge is 2.11. The fraction of sp³-hybridized carbons (Fsp3) is 1.00. The number of rotatable bonds is 4. The van der Waals surface area contributed by atoms with Crippen LogP contribution in [0.1, 0.15) is 27.7 Å². The van der Waals surface area contributed by atoms with Crippen molar-refractivity contribution in [3.05, 3.63) is 0 Å². The topological polar surface area (TPSA) is 12.5 Å². The molecule has 0 spiro atoms. The minimum absolute atomic E-state index is 0.556. The number of hydrogen-bond acceptors (Lipinski definition) is 2. The largest absolute Gasteiger partial charge is 0.350 e. The normalized spacial score (nSPS) is 12.0. The van der Waals surface area contributed by atoms with Crippen LogP contribution in [0.15, 0.2) is 0 Å². The van der Waals surface area contributed by atoms with E-state index in [1.54, 1.807) is 0 Å². The summed E-state index contributed by atoms with van der Waals surface area (Å²) in [4.78, 5) is 2.27. The number of nitrogens with zero attached hydrogens (tertiary/aromatic N) is 1. The van der Waals surface area contributed by atoms with Gasteiger partial charge in [-0.1, -0.05) is 0 Å². The molecule has 0 rings (SSSR count). The molecule has 0 N–H and O–H groups in total. The summed E-state index contributed by atoms with van der Waals surface area (Å²) in [5.74, 6) is 0. The van der Waals surface area contributed by atoms with E-state index >= 15 is 0 Å². The van der Waals surface area contributed by atoms with Crippen molar-refractivity contribution >= 4 is 9.47 Å². The lowest BCUT2D eigenvalue weighted by molar-refractivity contribution is 0.0814. The third-order valence-electron chi connectivity index (χ3n) is 1.55. The fourth-order valence-corrected chi connectivity index (χ4v) is 1.15. The van der Waals surface area contributed by atoms with Crippen molar-refractivity contribution in [1.82, 2.24) is 4.90 Å². The van der Waals surface area contributed by atoms with Crippen molar-refractivity contribution in [1.29, 1.82) is 0 Å². The first-order chi connectivity index (χ1) is 4.59. The third kappa shape index (κ3) is 3.50. The van der Waals surface area contributed by atoms with Gasteiger partial charge in [0.2, 0.25) is 0 Å². The smallest absolute Gasteiger partial charge is 0.103 e. The van der Waals surface area contributed by atoms with Gasteiger partial charge >= 0.3 is 0 Å². The molecule has 10 heavy (non-hydrogen) atoms. The van der Waals surface area contributed by atoms with Crippen molar-refractivity contribution in [2.75, 3.05) is 6.73 Å². The molecule has 0 saturated heterocycles. The highest BCUT2D eigenvalue weighted by molar-refractivity contribution is 7.09. The molecular formula is C7H18NOP. The van der Waals surface area contributed by atoms with Crippen LogP contribution in [0.3, 0.4) is 0 Å². The van der Waals surface area contributed by atoms with Crippen molar-refractivity contribution < 1.29 is 4.52 Å². The molecule has 0 saturated carbocycles. The van der Waals surface area contributed by atoms with E-state index in [0.29, 0.717) is 18.8 Å². The van der Waals surface area contributed by atoms with Crippen molar-refractivity contribution in [2.45, 2.75) is 39.8 Å². The molecule has 0 aromatic heterocycles. The van der Waals surface area contributed by atoms with E-state index < -0.39 is 0 Å². The lowest BCUT2D eigenvalue weighted by Gasteiger charge is -2.29. The van der Waals surface area contributed by atoms with Gasteiger partial charge in [0.1, 0.15) is 6.73 Å². The van der Waals surface area contributed by atoms with E-state index in [1.165, 1.54) is 0 Å². The molecule has 1 atom stereocenters. The average molecular weight is 163 g/mol. The summed E-state index contributed by atoms with van der Waals surface area (Å²) < 4.78 is 4.97. The second-order valence-electron chi connectivity index (χ2n) is 3.00. The summed E-state index contributed by atoms with van der Waals surface area (Å²) in [6, 6.07) is 1.11. The SMILES string of the molecule is CC(C)N(COP)C(C)C. The second-order valence-corrected chi connectivity index (χ2v) is 3.33. The molecule has 0 aliphatic carbocycles. The minimum Gasteiger partial charge on any atom is -0.350 e. The average Bonchev–Trinajstić information content (AvgIpc) is 1.81. The van der Waals surface area contributed by atoms with E-state index in [2.05, 4.69) is 42.1 Å². The van der Waals surface area contributed by atoms with Crippen molar-refractivity contribution in [3.8, 4) is 0 Å². The maximum absolute atomic E-state index is 4.97. The molecule has 62 valence electrons. The van der Waals surface area contributed by atoms with Crippen LogP contribution in [0.4, 0.5) is 0 Å². The van der Waals surface area contributed by atoms with E-state index in [-0.39, 0.29) is 0 Å². The molecule has 2 nitrogen and oxygen atoms in total. The lowest BCUT2D eigenvalue weighted by atomic mass is 10.2. The predicted molar refractivity (Wildman–Crippen MR) is 47.8 cm³/mol. The van der Waals surface area contributed by atoms with Gasteiger partial charge in [-0.25, -0.2) is 0 Å². The van der Waals surface area contributed by atoms with Crippen molar-refractivity contribution in [2.24, 2.45) is 0 Å². The molecule has 0 amide bonds. The van der Waals surface area contributed by atoms with Crippen LogP contribution in [0.2, 0.25) is 0 Å². The Morgan fingerprint density at radius 2 is 1.60 bits per heavy atom. The van der Waals surface area contributed by atoms with Gasteiger partial charge in [-0.15, -0.1) is 0 Å². The fourth-order valence-electron chi connectivity index (χ4n) is 0.980. The Kier molecular flexibility index (Phi) is 5.24. The Labute approximate surface area is 66.2 Å². The van der Waals surface area contributed by atoms with Gasteiger partial charge in [0.05, 0.1) is 0 Å². The number of hydrogen-bond donors (Lipinski definition) is 0. The van der Waals surface area contributed by atoms with Crippen LogP contribution in [-0.4, -0.2) is 23.7 Å². The summed E-state index contributed by atoms with van der Waals surface area (Å²) in [7, 11) is 2.27. The summed E-state index contributed by atoms with van der Waals surface area (Å²) in [6.45, 7) is 9.38. The highest BCUT2D eigenvalue weighted by Crippen LogP contribution is 2.05. The summed E-state index contributed by atoms with van der Waals surface area (Å²) >= 11 is 0. The van der Waals surface area contributed by atoms with E-state index in [1.807, 2.05) is 0 Å². The minimum atomic E-state index is 0.556. The van der Waals surface area contributed by atoms with Gasteiger partial charge in [-0.3, -0.25) is 4.90 Å². The molecule has 0 bridgehead atoms. The maximum atomic E-state index is 4.97. The van der Waals surface area contributed by atoms with E-state index in [0.717, 1.165) is 0 Å². The van der Waals surface area contributed by atoms with Crippen LogP contribution in [0, 0.1) is 0 Å².